The molecule has 0 amide bonds. The molecule has 0 unspecified atom stereocenters. The number of nitrogens with one attached hydrogen (secondary N) is 1. The maximum atomic E-state index is 12.3. The van der Waals surface area contributed by atoms with Crippen LogP contribution in [0, 0.1) is 0 Å². The van der Waals surface area contributed by atoms with Gasteiger partial charge in [-0.1, -0.05) is 34.5 Å². The van der Waals surface area contributed by atoms with Gasteiger partial charge in [0, 0.05) is 5.02 Å². The maximum absolute atomic E-state index is 12.3. The third-order valence-electron chi connectivity index (χ3n) is 1.84. The number of benzene rings is 1. The van der Waals surface area contributed by atoms with Gasteiger partial charge < -0.3 is 5.32 Å². The number of nitrogens with zero attached hydrogens (tertiary/aromatic N) is 2. The lowest BCUT2D eigenvalue weighted by Crippen LogP contribution is -2.03. The maximum Gasteiger partial charge on any atom is 0.445 e. The van der Waals surface area contributed by atoms with Crippen molar-refractivity contribution in [1.29, 1.82) is 0 Å². The Hall–Kier alpha value is -1.05. The van der Waals surface area contributed by atoms with Crippen molar-refractivity contribution < 1.29 is 13.2 Å². The van der Waals surface area contributed by atoms with Crippen LogP contribution in [0.2, 0.25) is 10.0 Å². The topological polar surface area (TPSA) is 37.8 Å². The molecule has 0 atom stereocenters. The smallest absolute Gasteiger partial charge is 0.329 e. The summed E-state index contributed by atoms with van der Waals surface area (Å²) in [4.78, 5) is 0. The Morgan fingerprint density at radius 1 is 1.17 bits per heavy atom. The molecule has 1 aromatic heterocycles. The first kappa shape index (κ1) is 13.4. The molecule has 1 N–H and O–H groups in total. The molecule has 0 radical (unpaired) electrons. The molecule has 9 heteroatoms. The Bertz CT molecular complexity index is 570. The third kappa shape index (κ3) is 3.04. The molecule has 0 aliphatic heterocycles. The zero-order valence-corrected chi connectivity index (χ0v) is 10.8. The van der Waals surface area contributed by atoms with Gasteiger partial charge in [0.25, 0.3) is 0 Å². The Morgan fingerprint density at radius 2 is 1.89 bits per heavy atom. The lowest BCUT2D eigenvalue weighted by atomic mass is 10.3. The van der Waals surface area contributed by atoms with Gasteiger partial charge >= 0.3 is 6.18 Å². The van der Waals surface area contributed by atoms with Crippen molar-refractivity contribution in [3.8, 4) is 0 Å². The highest BCUT2D eigenvalue weighted by molar-refractivity contribution is 7.15. The molecule has 0 fully saturated rings. The van der Waals surface area contributed by atoms with Crippen molar-refractivity contribution in [3.63, 3.8) is 0 Å². The van der Waals surface area contributed by atoms with Gasteiger partial charge in [0.15, 0.2) is 0 Å². The monoisotopic (exact) mass is 313 g/mol. The van der Waals surface area contributed by atoms with Crippen LogP contribution in [0.4, 0.5) is 24.0 Å². The number of hydrogen-bond donors (Lipinski definition) is 1. The van der Waals surface area contributed by atoms with E-state index in [0.717, 1.165) is 0 Å². The van der Waals surface area contributed by atoms with Crippen molar-refractivity contribution in [3.05, 3.63) is 33.3 Å². The molecular formula is C9H4Cl2F3N3S. The van der Waals surface area contributed by atoms with Crippen LogP contribution in [0.1, 0.15) is 5.01 Å². The second kappa shape index (κ2) is 4.91. The average Bonchev–Trinajstić information content (AvgIpc) is 2.71. The number of hydrogen-bond acceptors (Lipinski definition) is 4. The Kier molecular flexibility index (Phi) is 3.65. The lowest BCUT2D eigenvalue weighted by molar-refractivity contribution is -0.138. The van der Waals surface area contributed by atoms with Crippen LogP contribution in [0.15, 0.2) is 18.2 Å². The van der Waals surface area contributed by atoms with E-state index in [1.807, 2.05) is 0 Å². The molecule has 0 saturated heterocycles. The summed E-state index contributed by atoms with van der Waals surface area (Å²) in [6.45, 7) is 0. The number of anilines is 2. The zero-order chi connectivity index (χ0) is 13.3. The molecule has 0 spiro atoms. The normalized spacial score (nSPS) is 11.6. The Balaban J connectivity index is 2.24. The number of halogens is 5. The highest BCUT2D eigenvalue weighted by atomic mass is 35.5. The zero-order valence-electron chi connectivity index (χ0n) is 8.42. The first-order chi connectivity index (χ1) is 8.36. The summed E-state index contributed by atoms with van der Waals surface area (Å²) in [6, 6.07) is 4.58. The van der Waals surface area contributed by atoms with Crippen molar-refractivity contribution >= 4 is 45.4 Å². The summed E-state index contributed by atoms with van der Waals surface area (Å²) in [7, 11) is 0. The SMILES string of the molecule is FC(F)(F)c1nnc(Nc2cc(Cl)ccc2Cl)s1. The molecule has 3 nitrogen and oxygen atoms in total. The van der Waals surface area contributed by atoms with E-state index in [4.69, 9.17) is 23.2 Å². The number of aromatic nitrogens is 2. The summed E-state index contributed by atoms with van der Waals surface area (Å²) in [5, 5.41) is 8.75. The fourth-order valence-corrected chi connectivity index (χ4v) is 2.06. The van der Waals surface area contributed by atoms with E-state index in [1.165, 1.54) is 12.1 Å². The van der Waals surface area contributed by atoms with Gasteiger partial charge in [-0.05, 0) is 18.2 Å². The van der Waals surface area contributed by atoms with Crippen LogP contribution in [0.5, 0.6) is 0 Å². The molecule has 0 bridgehead atoms. The van der Waals surface area contributed by atoms with Gasteiger partial charge in [0.2, 0.25) is 10.1 Å². The van der Waals surface area contributed by atoms with Crippen molar-refractivity contribution in [2.24, 2.45) is 0 Å². The number of rotatable bonds is 2. The van der Waals surface area contributed by atoms with Gasteiger partial charge in [0.1, 0.15) is 0 Å². The van der Waals surface area contributed by atoms with Crippen molar-refractivity contribution in [1.82, 2.24) is 10.2 Å². The second-order valence-electron chi connectivity index (χ2n) is 3.16. The minimum atomic E-state index is -4.50. The van der Waals surface area contributed by atoms with E-state index in [9.17, 15) is 13.2 Å². The van der Waals surface area contributed by atoms with Crippen LogP contribution in [-0.2, 0) is 6.18 Å². The molecule has 0 saturated carbocycles. The molecule has 2 aromatic rings. The van der Waals surface area contributed by atoms with Crippen LogP contribution in [0.25, 0.3) is 0 Å². The van der Waals surface area contributed by atoms with Crippen LogP contribution in [0.3, 0.4) is 0 Å². The van der Waals surface area contributed by atoms with Crippen LogP contribution in [-0.4, -0.2) is 10.2 Å². The molecule has 18 heavy (non-hydrogen) atoms. The summed E-state index contributed by atoms with van der Waals surface area (Å²) in [6.07, 6.45) is -4.50. The van der Waals surface area contributed by atoms with Gasteiger partial charge in [-0.3, -0.25) is 0 Å². The quantitative estimate of drug-likeness (QED) is 0.880. The van der Waals surface area contributed by atoms with E-state index >= 15 is 0 Å². The van der Waals surface area contributed by atoms with Crippen LogP contribution >= 0.6 is 34.5 Å². The average molecular weight is 314 g/mol. The van der Waals surface area contributed by atoms with Crippen molar-refractivity contribution in [2.75, 3.05) is 5.32 Å². The molecule has 2 rings (SSSR count). The molecule has 1 aromatic carbocycles. The Labute approximate surface area is 114 Å². The predicted octanol–water partition coefficient (Wildman–Crippen LogP) is 4.61. The van der Waals surface area contributed by atoms with E-state index in [0.29, 0.717) is 27.1 Å². The van der Waals surface area contributed by atoms with Crippen LogP contribution < -0.4 is 5.32 Å². The molecule has 0 aliphatic carbocycles. The minimum Gasteiger partial charge on any atom is -0.329 e. The number of alkyl halides is 3. The summed E-state index contributed by atoms with van der Waals surface area (Å²) in [5.41, 5.74) is 0.369. The second-order valence-corrected chi connectivity index (χ2v) is 4.98. The fourth-order valence-electron chi connectivity index (χ4n) is 1.10. The largest absolute Gasteiger partial charge is 0.445 e. The summed E-state index contributed by atoms with van der Waals surface area (Å²) >= 11 is 12.0. The third-order valence-corrected chi connectivity index (χ3v) is 3.29. The standard InChI is InChI=1S/C9H4Cl2F3N3S/c10-4-1-2-5(11)6(3-4)15-8-17-16-7(18-8)9(12,13)14/h1-3H,(H,15,17). The van der Waals surface area contributed by atoms with Gasteiger partial charge in [-0.15, -0.1) is 10.2 Å². The minimum absolute atomic E-state index is 0.00788. The highest BCUT2D eigenvalue weighted by Gasteiger charge is 2.35. The first-order valence-corrected chi connectivity index (χ1v) is 6.06. The Morgan fingerprint density at radius 3 is 2.50 bits per heavy atom. The van der Waals surface area contributed by atoms with Gasteiger partial charge in [-0.25, -0.2) is 0 Å². The summed E-state index contributed by atoms with van der Waals surface area (Å²) < 4.78 is 36.9. The molecule has 1 heterocycles. The first-order valence-electron chi connectivity index (χ1n) is 4.49. The lowest BCUT2D eigenvalue weighted by Gasteiger charge is -2.04. The van der Waals surface area contributed by atoms with E-state index in [-0.39, 0.29) is 5.13 Å². The molecular weight excluding hydrogens is 310 g/mol. The predicted molar refractivity (Wildman–Crippen MR) is 64.7 cm³/mol. The molecule has 0 aliphatic rings. The highest BCUT2D eigenvalue weighted by Crippen LogP contribution is 2.35. The van der Waals surface area contributed by atoms with E-state index < -0.39 is 11.2 Å². The van der Waals surface area contributed by atoms with E-state index in [1.54, 1.807) is 6.07 Å². The fraction of sp³-hybridized carbons (Fsp3) is 0.111. The van der Waals surface area contributed by atoms with Gasteiger partial charge in [0.05, 0.1) is 10.7 Å². The van der Waals surface area contributed by atoms with Crippen molar-refractivity contribution in [2.45, 2.75) is 6.18 Å². The van der Waals surface area contributed by atoms with Gasteiger partial charge in [-0.2, -0.15) is 13.2 Å². The summed E-state index contributed by atoms with van der Waals surface area (Å²) in [5.74, 6) is 0. The van der Waals surface area contributed by atoms with E-state index in [2.05, 4.69) is 15.5 Å². The molecule has 96 valence electrons.